The lowest BCUT2D eigenvalue weighted by molar-refractivity contribution is 0.0718. The third-order valence-electron chi connectivity index (χ3n) is 3.18. The van der Waals surface area contributed by atoms with Crippen LogP contribution < -0.4 is 9.64 Å². The fourth-order valence-corrected chi connectivity index (χ4v) is 2.07. The molecule has 0 aliphatic carbocycles. The number of amides is 1. The minimum absolute atomic E-state index is 0.232. The summed E-state index contributed by atoms with van der Waals surface area (Å²) in [5.74, 6) is 0.709. The fourth-order valence-electron chi connectivity index (χ4n) is 2.07. The number of ether oxygens (including phenoxy) is 3. The van der Waals surface area contributed by atoms with Crippen molar-refractivity contribution in [3.8, 4) is 5.75 Å². The molecule has 116 valence electrons. The monoisotopic (exact) mass is 295 g/mol. The zero-order valence-corrected chi connectivity index (χ0v) is 12.3. The fraction of sp³-hybridized carbons (Fsp3) is 0.533. The van der Waals surface area contributed by atoms with E-state index in [4.69, 9.17) is 19.3 Å². The van der Waals surface area contributed by atoms with Crippen molar-refractivity contribution >= 4 is 11.8 Å². The molecule has 2 atom stereocenters. The molecule has 0 radical (unpaired) electrons. The third-order valence-corrected chi connectivity index (χ3v) is 3.18. The van der Waals surface area contributed by atoms with Crippen molar-refractivity contribution in [2.45, 2.75) is 25.6 Å². The summed E-state index contributed by atoms with van der Waals surface area (Å²) in [6.45, 7) is 3.05. The molecule has 1 N–H and O–H groups in total. The van der Waals surface area contributed by atoms with Gasteiger partial charge >= 0.3 is 6.09 Å². The highest BCUT2D eigenvalue weighted by molar-refractivity contribution is 5.89. The minimum Gasteiger partial charge on any atom is -0.493 e. The van der Waals surface area contributed by atoms with E-state index in [1.807, 2.05) is 12.1 Å². The van der Waals surface area contributed by atoms with E-state index in [0.29, 0.717) is 31.9 Å². The van der Waals surface area contributed by atoms with Gasteiger partial charge in [0.05, 0.1) is 25.9 Å². The third kappa shape index (κ3) is 4.34. The Hall–Kier alpha value is -1.79. The summed E-state index contributed by atoms with van der Waals surface area (Å²) in [6, 6.07) is 7.23. The topological polar surface area (TPSA) is 68.2 Å². The lowest BCUT2D eigenvalue weighted by Crippen LogP contribution is -2.25. The van der Waals surface area contributed by atoms with Gasteiger partial charge in [0.2, 0.25) is 0 Å². The summed E-state index contributed by atoms with van der Waals surface area (Å²) in [7, 11) is 1.58. The first-order valence-electron chi connectivity index (χ1n) is 6.98. The summed E-state index contributed by atoms with van der Waals surface area (Å²) in [4.78, 5) is 13.4. The molecule has 1 aliphatic rings. The van der Waals surface area contributed by atoms with Crippen LogP contribution in [0.3, 0.4) is 0 Å². The van der Waals surface area contributed by atoms with E-state index in [1.165, 1.54) is 0 Å². The van der Waals surface area contributed by atoms with Crippen molar-refractivity contribution in [1.82, 2.24) is 0 Å². The molecule has 0 bridgehead atoms. The van der Waals surface area contributed by atoms with Gasteiger partial charge in [-0.2, -0.15) is 0 Å². The number of rotatable bonds is 7. The van der Waals surface area contributed by atoms with Gasteiger partial charge in [-0.15, -0.1) is 0 Å². The normalized spacial score (nSPS) is 19.5. The van der Waals surface area contributed by atoms with Crippen molar-refractivity contribution in [1.29, 1.82) is 0 Å². The molecule has 1 amide bonds. The Bertz CT molecular complexity index is 460. The molecule has 0 spiro atoms. The Morgan fingerprint density at radius 1 is 1.43 bits per heavy atom. The average molecular weight is 295 g/mol. The van der Waals surface area contributed by atoms with Gasteiger partial charge in [-0.1, -0.05) is 0 Å². The number of cyclic esters (lactones) is 1. The van der Waals surface area contributed by atoms with Crippen molar-refractivity contribution in [2.75, 3.05) is 31.8 Å². The molecule has 1 aromatic carbocycles. The molecule has 0 unspecified atom stereocenters. The van der Waals surface area contributed by atoms with E-state index in [1.54, 1.807) is 31.1 Å². The van der Waals surface area contributed by atoms with Crippen molar-refractivity contribution in [2.24, 2.45) is 0 Å². The molecular weight excluding hydrogens is 274 g/mol. The van der Waals surface area contributed by atoms with E-state index in [0.717, 1.165) is 5.69 Å². The van der Waals surface area contributed by atoms with Crippen molar-refractivity contribution in [3.63, 3.8) is 0 Å². The number of hydrogen-bond acceptors (Lipinski definition) is 5. The highest BCUT2D eigenvalue weighted by Crippen LogP contribution is 2.24. The molecule has 21 heavy (non-hydrogen) atoms. The first kappa shape index (κ1) is 15.6. The van der Waals surface area contributed by atoms with Crippen molar-refractivity contribution < 1.29 is 24.1 Å². The molecule has 0 saturated carbocycles. The molecule has 0 aromatic heterocycles. The van der Waals surface area contributed by atoms with E-state index in [-0.39, 0.29) is 18.3 Å². The Balaban J connectivity index is 1.91. The predicted molar refractivity (Wildman–Crippen MR) is 77.7 cm³/mol. The van der Waals surface area contributed by atoms with Crippen LogP contribution in [0.2, 0.25) is 0 Å². The highest BCUT2D eigenvalue weighted by atomic mass is 16.6. The van der Waals surface area contributed by atoms with Gasteiger partial charge in [-0.3, -0.25) is 4.90 Å². The van der Waals surface area contributed by atoms with Crippen LogP contribution in [0.4, 0.5) is 10.5 Å². The number of anilines is 1. The predicted octanol–water partition coefficient (Wildman–Crippen LogP) is 1.81. The summed E-state index contributed by atoms with van der Waals surface area (Å²) >= 11 is 0. The maximum absolute atomic E-state index is 11.8. The van der Waals surface area contributed by atoms with Gasteiger partial charge in [-0.05, 0) is 31.2 Å². The number of carbonyl (C=O) groups is 1. The van der Waals surface area contributed by atoms with Crippen LogP contribution >= 0.6 is 0 Å². The average Bonchev–Trinajstić information content (AvgIpc) is 2.80. The largest absolute Gasteiger partial charge is 0.493 e. The Kier molecular flexibility index (Phi) is 5.41. The van der Waals surface area contributed by atoms with Crippen LogP contribution in [-0.4, -0.2) is 50.3 Å². The van der Waals surface area contributed by atoms with Gasteiger partial charge in [0.15, 0.2) is 0 Å². The number of aliphatic hydroxyl groups is 1. The number of nitrogens with zero attached hydrogens (tertiary/aromatic N) is 1. The number of carbonyl (C=O) groups excluding carboxylic acids is 1. The first-order chi connectivity index (χ1) is 10.1. The molecule has 1 aromatic rings. The van der Waals surface area contributed by atoms with E-state index < -0.39 is 0 Å². The summed E-state index contributed by atoms with van der Waals surface area (Å²) in [5.41, 5.74) is 0.765. The summed E-state index contributed by atoms with van der Waals surface area (Å²) < 4.78 is 15.7. The second-order valence-electron chi connectivity index (χ2n) is 5.05. The van der Waals surface area contributed by atoms with Gasteiger partial charge < -0.3 is 19.3 Å². The second-order valence-corrected chi connectivity index (χ2v) is 5.05. The van der Waals surface area contributed by atoms with Crippen LogP contribution in [0.5, 0.6) is 5.75 Å². The zero-order valence-electron chi connectivity index (χ0n) is 12.3. The van der Waals surface area contributed by atoms with Gasteiger partial charge in [0.1, 0.15) is 11.9 Å². The SMILES string of the molecule is COC[C@@H]1CN(c2ccc(OCC[C@@H](C)O)cc2)C(=O)O1. The molecule has 1 fully saturated rings. The maximum Gasteiger partial charge on any atom is 0.414 e. The molecule has 2 rings (SSSR count). The zero-order chi connectivity index (χ0) is 15.2. The highest BCUT2D eigenvalue weighted by Gasteiger charge is 2.32. The van der Waals surface area contributed by atoms with Gasteiger partial charge in [0, 0.05) is 19.2 Å². The van der Waals surface area contributed by atoms with Crippen LogP contribution in [0.15, 0.2) is 24.3 Å². The van der Waals surface area contributed by atoms with Crippen molar-refractivity contribution in [3.05, 3.63) is 24.3 Å². The summed E-state index contributed by atoms with van der Waals surface area (Å²) in [5, 5.41) is 9.17. The number of hydrogen-bond donors (Lipinski definition) is 1. The Labute approximate surface area is 124 Å². The van der Waals surface area contributed by atoms with E-state index in [2.05, 4.69) is 0 Å². The Morgan fingerprint density at radius 3 is 2.76 bits per heavy atom. The molecular formula is C15H21NO5. The van der Waals surface area contributed by atoms with E-state index >= 15 is 0 Å². The second kappa shape index (κ2) is 7.28. The van der Waals surface area contributed by atoms with Gasteiger partial charge in [-0.25, -0.2) is 4.79 Å². The van der Waals surface area contributed by atoms with Crippen LogP contribution in [0.1, 0.15) is 13.3 Å². The lowest BCUT2D eigenvalue weighted by Gasteiger charge is -2.14. The van der Waals surface area contributed by atoms with Crippen LogP contribution in [-0.2, 0) is 9.47 Å². The van der Waals surface area contributed by atoms with Crippen LogP contribution in [0, 0.1) is 0 Å². The lowest BCUT2D eigenvalue weighted by atomic mass is 10.2. The smallest absolute Gasteiger partial charge is 0.414 e. The number of aliphatic hydroxyl groups excluding tert-OH is 1. The van der Waals surface area contributed by atoms with E-state index in [9.17, 15) is 4.79 Å². The molecule has 6 heteroatoms. The molecule has 1 aliphatic heterocycles. The number of benzene rings is 1. The molecule has 1 heterocycles. The van der Waals surface area contributed by atoms with Crippen LogP contribution in [0.25, 0.3) is 0 Å². The standard InChI is InChI=1S/C15H21NO5/c1-11(17)7-8-20-13-5-3-12(4-6-13)16-9-14(10-19-2)21-15(16)18/h3-6,11,14,17H,7-10H2,1-2H3/t11-,14+/m1/s1. The first-order valence-corrected chi connectivity index (χ1v) is 6.98. The quantitative estimate of drug-likeness (QED) is 0.831. The number of methoxy groups -OCH3 is 1. The molecule has 6 nitrogen and oxygen atoms in total. The molecule has 1 saturated heterocycles. The minimum atomic E-state index is -0.374. The summed E-state index contributed by atoms with van der Waals surface area (Å²) in [6.07, 6.45) is -0.385. The van der Waals surface area contributed by atoms with Gasteiger partial charge in [0.25, 0.3) is 0 Å². The Morgan fingerprint density at radius 2 is 2.14 bits per heavy atom. The maximum atomic E-state index is 11.8.